The lowest BCUT2D eigenvalue weighted by atomic mass is 10.0. The molecule has 0 aromatic rings. The fourth-order valence-electron chi connectivity index (χ4n) is 3.16. The lowest BCUT2D eigenvalue weighted by Gasteiger charge is -2.28. The van der Waals surface area contributed by atoms with Crippen LogP contribution in [0.2, 0.25) is 0 Å². The van der Waals surface area contributed by atoms with Crippen LogP contribution in [0.3, 0.4) is 0 Å². The van der Waals surface area contributed by atoms with Gasteiger partial charge in [0.2, 0.25) is 5.91 Å². The molecular formula is C18H36N2O. The fourth-order valence-corrected chi connectivity index (χ4v) is 3.16. The highest BCUT2D eigenvalue weighted by molar-refractivity contribution is 5.76. The minimum atomic E-state index is 0.261. The third kappa shape index (κ3) is 9.89. The van der Waals surface area contributed by atoms with Crippen molar-refractivity contribution < 1.29 is 4.79 Å². The van der Waals surface area contributed by atoms with Gasteiger partial charge in [0.1, 0.15) is 0 Å². The molecule has 3 heteroatoms. The summed E-state index contributed by atoms with van der Waals surface area (Å²) in [7, 11) is 0. The fraction of sp³-hybridized carbons (Fsp3) is 0.944. The van der Waals surface area contributed by atoms with Gasteiger partial charge in [-0.3, -0.25) is 4.79 Å². The summed E-state index contributed by atoms with van der Waals surface area (Å²) in [6, 6.07) is 0.934. The molecule has 124 valence electrons. The predicted molar refractivity (Wildman–Crippen MR) is 90.5 cm³/mol. The summed E-state index contributed by atoms with van der Waals surface area (Å²) >= 11 is 0. The molecule has 0 aromatic heterocycles. The molecule has 1 heterocycles. The third-order valence-corrected chi connectivity index (χ3v) is 4.50. The first-order valence-corrected chi connectivity index (χ1v) is 9.25. The number of hydrogen-bond acceptors (Lipinski definition) is 2. The zero-order valence-corrected chi connectivity index (χ0v) is 14.3. The second-order valence-corrected chi connectivity index (χ2v) is 6.72. The predicted octanol–water partition coefficient (Wildman–Crippen LogP) is 4.16. The van der Waals surface area contributed by atoms with Gasteiger partial charge in [-0.05, 0) is 32.7 Å². The quantitative estimate of drug-likeness (QED) is 0.562. The number of nitrogens with one attached hydrogen (secondary N) is 2. The van der Waals surface area contributed by atoms with Crippen molar-refractivity contribution in [3.05, 3.63) is 0 Å². The van der Waals surface area contributed by atoms with E-state index in [0.717, 1.165) is 25.8 Å². The first-order chi connectivity index (χ1) is 10.2. The molecule has 21 heavy (non-hydrogen) atoms. The summed E-state index contributed by atoms with van der Waals surface area (Å²) in [6.45, 7) is 5.48. The Morgan fingerprint density at radius 2 is 1.67 bits per heavy atom. The second kappa shape index (κ2) is 12.0. The van der Waals surface area contributed by atoms with E-state index in [4.69, 9.17) is 0 Å². The van der Waals surface area contributed by atoms with Gasteiger partial charge in [-0.25, -0.2) is 0 Å². The zero-order chi connectivity index (χ0) is 15.3. The Bertz CT molecular complexity index is 268. The summed E-state index contributed by atoms with van der Waals surface area (Å²) in [5, 5.41) is 6.61. The first kappa shape index (κ1) is 18.5. The summed E-state index contributed by atoms with van der Waals surface area (Å²) < 4.78 is 0. The van der Waals surface area contributed by atoms with E-state index in [-0.39, 0.29) is 5.91 Å². The van der Waals surface area contributed by atoms with E-state index in [0.29, 0.717) is 18.5 Å². The standard InChI is InChI=1S/C18H36N2O/c1-3-4-5-6-7-8-9-10-11-12-18(21)20-17-13-14-19-16(2)15-17/h16-17,19H,3-15H2,1-2H3,(H,20,21). The maximum atomic E-state index is 11.9. The normalized spacial score (nSPS) is 22.2. The Morgan fingerprint density at radius 1 is 1.05 bits per heavy atom. The van der Waals surface area contributed by atoms with E-state index < -0.39 is 0 Å². The van der Waals surface area contributed by atoms with Crippen molar-refractivity contribution in [2.45, 2.75) is 103 Å². The number of piperidine rings is 1. The summed E-state index contributed by atoms with van der Waals surface area (Å²) in [4.78, 5) is 11.9. The van der Waals surface area contributed by atoms with Gasteiger partial charge in [-0.15, -0.1) is 0 Å². The van der Waals surface area contributed by atoms with Crippen LogP contribution in [0.25, 0.3) is 0 Å². The van der Waals surface area contributed by atoms with Crippen molar-refractivity contribution in [2.75, 3.05) is 6.54 Å². The highest BCUT2D eigenvalue weighted by Gasteiger charge is 2.19. The molecule has 2 N–H and O–H groups in total. The molecule has 1 aliphatic rings. The summed E-state index contributed by atoms with van der Waals surface area (Å²) in [6.07, 6.45) is 14.6. The number of carbonyl (C=O) groups excluding carboxylic acids is 1. The monoisotopic (exact) mass is 296 g/mol. The van der Waals surface area contributed by atoms with Crippen molar-refractivity contribution in [3.8, 4) is 0 Å². The van der Waals surface area contributed by atoms with Gasteiger partial charge < -0.3 is 10.6 Å². The maximum Gasteiger partial charge on any atom is 0.220 e. The average molecular weight is 296 g/mol. The van der Waals surface area contributed by atoms with Crippen molar-refractivity contribution in [1.29, 1.82) is 0 Å². The molecule has 0 radical (unpaired) electrons. The molecule has 1 saturated heterocycles. The molecule has 1 amide bonds. The van der Waals surface area contributed by atoms with Crippen molar-refractivity contribution >= 4 is 5.91 Å². The van der Waals surface area contributed by atoms with Crippen molar-refractivity contribution in [2.24, 2.45) is 0 Å². The second-order valence-electron chi connectivity index (χ2n) is 6.72. The van der Waals surface area contributed by atoms with E-state index in [1.165, 1.54) is 51.4 Å². The van der Waals surface area contributed by atoms with Crippen LogP contribution in [0, 0.1) is 0 Å². The maximum absolute atomic E-state index is 11.9. The first-order valence-electron chi connectivity index (χ1n) is 9.25. The zero-order valence-electron chi connectivity index (χ0n) is 14.3. The molecule has 2 atom stereocenters. The molecule has 0 aromatic carbocycles. The SMILES string of the molecule is CCCCCCCCCCCC(=O)NC1CCNC(C)C1. The Morgan fingerprint density at radius 3 is 2.29 bits per heavy atom. The molecule has 2 unspecified atom stereocenters. The minimum Gasteiger partial charge on any atom is -0.353 e. The van der Waals surface area contributed by atoms with Gasteiger partial charge in [0, 0.05) is 18.5 Å². The van der Waals surface area contributed by atoms with Crippen LogP contribution in [-0.2, 0) is 4.79 Å². The lowest BCUT2D eigenvalue weighted by molar-refractivity contribution is -0.122. The molecule has 3 nitrogen and oxygen atoms in total. The third-order valence-electron chi connectivity index (χ3n) is 4.50. The molecule has 1 rings (SSSR count). The topological polar surface area (TPSA) is 41.1 Å². The minimum absolute atomic E-state index is 0.261. The molecule has 0 saturated carbocycles. The number of hydrogen-bond donors (Lipinski definition) is 2. The average Bonchev–Trinajstić information content (AvgIpc) is 2.45. The number of amides is 1. The summed E-state index contributed by atoms with van der Waals surface area (Å²) in [5.74, 6) is 0.261. The van der Waals surface area contributed by atoms with Gasteiger partial charge >= 0.3 is 0 Å². The van der Waals surface area contributed by atoms with Crippen LogP contribution in [0.5, 0.6) is 0 Å². The summed E-state index contributed by atoms with van der Waals surface area (Å²) in [5.41, 5.74) is 0. The van der Waals surface area contributed by atoms with E-state index in [1.54, 1.807) is 0 Å². The number of rotatable bonds is 11. The lowest BCUT2D eigenvalue weighted by Crippen LogP contribution is -2.46. The van der Waals surface area contributed by atoms with Crippen LogP contribution < -0.4 is 10.6 Å². The van der Waals surface area contributed by atoms with E-state index >= 15 is 0 Å². The van der Waals surface area contributed by atoms with Crippen molar-refractivity contribution in [3.63, 3.8) is 0 Å². The number of unbranched alkanes of at least 4 members (excludes halogenated alkanes) is 8. The van der Waals surface area contributed by atoms with Crippen LogP contribution in [-0.4, -0.2) is 24.5 Å². The van der Waals surface area contributed by atoms with Crippen LogP contribution in [0.15, 0.2) is 0 Å². The largest absolute Gasteiger partial charge is 0.353 e. The Kier molecular flexibility index (Phi) is 10.6. The van der Waals surface area contributed by atoms with Crippen LogP contribution in [0.1, 0.15) is 90.9 Å². The smallest absolute Gasteiger partial charge is 0.220 e. The van der Waals surface area contributed by atoms with Crippen LogP contribution in [0.4, 0.5) is 0 Å². The molecular weight excluding hydrogens is 260 g/mol. The van der Waals surface area contributed by atoms with E-state index in [9.17, 15) is 4.79 Å². The van der Waals surface area contributed by atoms with Gasteiger partial charge in [0.05, 0.1) is 0 Å². The Hall–Kier alpha value is -0.570. The molecule has 1 fully saturated rings. The molecule has 0 aliphatic carbocycles. The van der Waals surface area contributed by atoms with Gasteiger partial charge in [0.25, 0.3) is 0 Å². The van der Waals surface area contributed by atoms with Crippen LogP contribution >= 0.6 is 0 Å². The molecule has 0 bridgehead atoms. The van der Waals surface area contributed by atoms with E-state index in [2.05, 4.69) is 24.5 Å². The van der Waals surface area contributed by atoms with E-state index in [1.807, 2.05) is 0 Å². The molecule has 1 aliphatic heterocycles. The van der Waals surface area contributed by atoms with Gasteiger partial charge in [-0.1, -0.05) is 58.3 Å². The number of carbonyl (C=O) groups is 1. The van der Waals surface area contributed by atoms with Gasteiger partial charge in [-0.2, -0.15) is 0 Å². The highest BCUT2D eigenvalue weighted by Crippen LogP contribution is 2.11. The highest BCUT2D eigenvalue weighted by atomic mass is 16.1. The Labute approximate surface area is 131 Å². The van der Waals surface area contributed by atoms with Crippen molar-refractivity contribution in [1.82, 2.24) is 10.6 Å². The molecule has 0 spiro atoms. The van der Waals surface area contributed by atoms with Gasteiger partial charge in [0.15, 0.2) is 0 Å². The Balaban J connectivity index is 1.89.